The average molecular weight is 523 g/mol. The van der Waals surface area contributed by atoms with Gasteiger partial charge in [0.25, 0.3) is 0 Å². The Morgan fingerprint density at radius 2 is 1.65 bits per heavy atom. The number of phenols is 1. The van der Waals surface area contributed by atoms with Gasteiger partial charge in [-0.2, -0.15) is 0 Å². The number of hydrogen-bond acceptors (Lipinski definition) is 7. The van der Waals surface area contributed by atoms with E-state index in [-0.39, 0.29) is 0 Å². The van der Waals surface area contributed by atoms with Gasteiger partial charge in [-0.1, -0.05) is 25.4 Å². The molecule has 1 saturated heterocycles. The highest BCUT2D eigenvalue weighted by atomic mass is 35.5. The van der Waals surface area contributed by atoms with Gasteiger partial charge in [-0.25, -0.2) is 4.98 Å². The van der Waals surface area contributed by atoms with Crippen LogP contribution in [0.2, 0.25) is 5.02 Å². The molecule has 0 amide bonds. The normalized spacial score (nSPS) is 14.4. The van der Waals surface area contributed by atoms with Gasteiger partial charge in [-0.05, 0) is 54.6 Å². The van der Waals surface area contributed by atoms with Crippen LogP contribution in [0, 0.1) is 0 Å². The van der Waals surface area contributed by atoms with E-state index in [1.807, 2.05) is 62.4 Å². The standard InChI is InChI=1S/C27H29ClN4O3.C2H6/c1-34-17-32-11-9-31(10-12-32)16-18-13-20(4-8-26(18)33)29-27-22-6-3-19(28)14-25(22)30-24-7-5-21(35-2)15-23(24)27;1-2/h3-8,13-15,33H,9-12,16-17H2,1-2H3,(H,29,30);1-2H3. The number of rotatable bonds is 7. The molecule has 0 atom stereocenters. The number of halogens is 1. The molecule has 1 aliphatic heterocycles. The second-order valence-corrected chi connectivity index (χ2v) is 9.25. The van der Waals surface area contributed by atoms with E-state index in [2.05, 4.69) is 15.1 Å². The van der Waals surface area contributed by atoms with E-state index in [4.69, 9.17) is 26.1 Å². The van der Waals surface area contributed by atoms with Gasteiger partial charge < -0.3 is 19.9 Å². The van der Waals surface area contributed by atoms with Gasteiger partial charge in [0.05, 0.1) is 30.6 Å². The zero-order chi connectivity index (χ0) is 26.4. The van der Waals surface area contributed by atoms with Crippen LogP contribution < -0.4 is 10.1 Å². The highest BCUT2D eigenvalue weighted by molar-refractivity contribution is 6.31. The van der Waals surface area contributed by atoms with E-state index in [9.17, 15) is 5.11 Å². The van der Waals surface area contributed by atoms with Crippen molar-refractivity contribution in [2.24, 2.45) is 0 Å². The van der Waals surface area contributed by atoms with E-state index in [0.717, 1.165) is 70.7 Å². The quantitative estimate of drug-likeness (QED) is 0.220. The molecule has 0 unspecified atom stereocenters. The van der Waals surface area contributed by atoms with Crippen LogP contribution in [0.25, 0.3) is 21.8 Å². The summed E-state index contributed by atoms with van der Waals surface area (Å²) in [5.41, 5.74) is 4.35. The lowest BCUT2D eigenvalue weighted by Crippen LogP contribution is -2.46. The SMILES string of the molecule is CC.COCN1CCN(Cc2cc(Nc3c4ccc(Cl)cc4nc4ccc(OC)cc34)ccc2O)CC1. The molecule has 0 radical (unpaired) electrons. The lowest BCUT2D eigenvalue weighted by atomic mass is 10.1. The molecule has 37 heavy (non-hydrogen) atoms. The van der Waals surface area contributed by atoms with Crippen molar-refractivity contribution < 1.29 is 14.6 Å². The Bertz CT molecular complexity index is 1360. The zero-order valence-electron chi connectivity index (χ0n) is 21.9. The molecule has 196 valence electrons. The topological polar surface area (TPSA) is 70.1 Å². The third kappa shape index (κ3) is 6.25. The summed E-state index contributed by atoms with van der Waals surface area (Å²) in [6.45, 7) is 9.10. The van der Waals surface area contributed by atoms with Gasteiger partial charge in [0.1, 0.15) is 11.5 Å². The number of ether oxygens (including phenoxy) is 2. The number of fused-ring (bicyclic) bond motifs is 2. The number of nitrogens with one attached hydrogen (secondary N) is 1. The first-order valence-corrected chi connectivity index (χ1v) is 13.0. The van der Waals surface area contributed by atoms with Gasteiger partial charge >= 0.3 is 0 Å². The summed E-state index contributed by atoms with van der Waals surface area (Å²) in [5.74, 6) is 1.06. The van der Waals surface area contributed by atoms with E-state index in [1.165, 1.54) is 0 Å². The van der Waals surface area contributed by atoms with Crippen molar-refractivity contribution >= 4 is 44.8 Å². The number of aromatic hydroxyl groups is 1. The minimum Gasteiger partial charge on any atom is -0.508 e. The van der Waals surface area contributed by atoms with Crippen LogP contribution in [0.1, 0.15) is 19.4 Å². The Labute approximate surface area is 223 Å². The van der Waals surface area contributed by atoms with Crippen LogP contribution in [-0.2, 0) is 11.3 Å². The highest BCUT2D eigenvalue weighted by Crippen LogP contribution is 2.36. The monoisotopic (exact) mass is 522 g/mol. The molecule has 8 heteroatoms. The maximum absolute atomic E-state index is 10.6. The maximum Gasteiger partial charge on any atom is 0.120 e. The van der Waals surface area contributed by atoms with Gasteiger partial charge in [0.2, 0.25) is 0 Å². The molecule has 0 bridgehead atoms. The van der Waals surface area contributed by atoms with Crippen molar-refractivity contribution in [1.82, 2.24) is 14.8 Å². The summed E-state index contributed by atoms with van der Waals surface area (Å²) in [7, 11) is 3.38. The number of anilines is 2. The van der Waals surface area contributed by atoms with Crippen molar-refractivity contribution in [3.05, 3.63) is 65.2 Å². The number of methoxy groups -OCH3 is 2. The largest absolute Gasteiger partial charge is 0.508 e. The summed E-state index contributed by atoms with van der Waals surface area (Å²) in [6.07, 6.45) is 0. The number of hydrogen-bond donors (Lipinski definition) is 2. The zero-order valence-corrected chi connectivity index (χ0v) is 22.7. The second-order valence-electron chi connectivity index (χ2n) is 8.81. The van der Waals surface area contributed by atoms with Crippen LogP contribution in [0.4, 0.5) is 11.4 Å². The van der Waals surface area contributed by atoms with E-state index in [0.29, 0.717) is 24.0 Å². The van der Waals surface area contributed by atoms with Crippen molar-refractivity contribution in [3.63, 3.8) is 0 Å². The molecule has 2 N–H and O–H groups in total. The fourth-order valence-corrected chi connectivity index (χ4v) is 4.76. The third-order valence-corrected chi connectivity index (χ3v) is 6.70. The Balaban J connectivity index is 0.00000156. The van der Waals surface area contributed by atoms with Gasteiger partial charge in [0.15, 0.2) is 0 Å². The first-order chi connectivity index (χ1) is 18.0. The molecule has 1 aliphatic rings. The van der Waals surface area contributed by atoms with Crippen LogP contribution in [0.3, 0.4) is 0 Å². The average Bonchev–Trinajstić information content (AvgIpc) is 2.92. The number of phenolic OH excluding ortho intramolecular Hbond substituents is 1. The third-order valence-electron chi connectivity index (χ3n) is 6.46. The molecule has 1 aromatic heterocycles. The Hall–Kier alpha value is -3.10. The van der Waals surface area contributed by atoms with Crippen LogP contribution in [-0.4, -0.2) is 67.0 Å². The molecule has 2 heterocycles. The van der Waals surface area contributed by atoms with E-state index < -0.39 is 0 Å². The molecule has 7 nitrogen and oxygen atoms in total. The van der Waals surface area contributed by atoms with Crippen molar-refractivity contribution in [3.8, 4) is 11.5 Å². The molecule has 5 rings (SSSR count). The Morgan fingerprint density at radius 3 is 2.38 bits per heavy atom. The molecule has 0 saturated carbocycles. The van der Waals surface area contributed by atoms with E-state index in [1.54, 1.807) is 20.3 Å². The lowest BCUT2D eigenvalue weighted by molar-refractivity contribution is 0.0250. The van der Waals surface area contributed by atoms with Crippen molar-refractivity contribution in [1.29, 1.82) is 0 Å². The number of pyridine rings is 1. The fraction of sp³-hybridized carbons (Fsp3) is 0.345. The predicted molar refractivity (Wildman–Crippen MR) is 152 cm³/mol. The first-order valence-electron chi connectivity index (χ1n) is 12.6. The minimum atomic E-state index is 0.299. The predicted octanol–water partition coefficient (Wildman–Crippen LogP) is 6.25. The number of nitrogens with zero attached hydrogens (tertiary/aromatic N) is 3. The number of aromatic nitrogens is 1. The summed E-state index contributed by atoms with van der Waals surface area (Å²) < 4.78 is 10.7. The molecule has 1 fully saturated rings. The lowest BCUT2D eigenvalue weighted by Gasteiger charge is -2.34. The van der Waals surface area contributed by atoms with E-state index >= 15 is 0 Å². The summed E-state index contributed by atoms with van der Waals surface area (Å²) in [5, 5.41) is 16.7. The van der Waals surface area contributed by atoms with Crippen molar-refractivity contribution in [2.45, 2.75) is 20.4 Å². The van der Waals surface area contributed by atoms with Gasteiger partial charge in [0, 0.05) is 66.9 Å². The fourth-order valence-electron chi connectivity index (χ4n) is 4.59. The van der Waals surface area contributed by atoms with Gasteiger partial charge in [-0.15, -0.1) is 0 Å². The maximum atomic E-state index is 10.6. The smallest absolute Gasteiger partial charge is 0.120 e. The van der Waals surface area contributed by atoms with Crippen LogP contribution in [0.5, 0.6) is 11.5 Å². The minimum absolute atomic E-state index is 0.299. The summed E-state index contributed by atoms with van der Waals surface area (Å²) in [4.78, 5) is 9.45. The Morgan fingerprint density at radius 1 is 0.892 bits per heavy atom. The second kappa shape index (κ2) is 12.4. The van der Waals surface area contributed by atoms with Crippen LogP contribution in [0.15, 0.2) is 54.6 Å². The number of piperazine rings is 1. The molecule has 4 aromatic rings. The van der Waals surface area contributed by atoms with Crippen LogP contribution >= 0.6 is 11.6 Å². The molecule has 3 aromatic carbocycles. The molecular weight excluding hydrogens is 488 g/mol. The highest BCUT2D eigenvalue weighted by Gasteiger charge is 2.18. The molecule has 0 spiro atoms. The molecule has 0 aliphatic carbocycles. The van der Waals surface area contributed by atoms with Gasteiger partial charge in [-0.3, -0.25) is 9.80 Å². The molecular formula is C29H35ClN4O3. The summed E-state index contributed by atoms with van der Waals surface area (Å²) in [6, 6.07) is 17.2. The summed E-state index contributed by atoms with van der Waals surface area (Å²) >= 11 is 6.26. The van der Waals surface area contributed by atoms with Crippen molar-refractivity contribution in [2.75, 3.05) is 52.4 Å². The Kier molecular flexibility index (Phi) is 9.05. The number of benzene rings is 3. The first kappa shape index (κ1) is 26.9.